The Balaban J connectivity index is 2.43. The quantitative estimate of drug-likeness (QED) is 0.741. The molecule has 1 aliphatic heterocycles. The molecule has 3 nitrogen and oxygen atoms in total. The topological polar surface area (TPSA) is 24.5 Å². The van der Waals surface area contributed by atoms with Crippen LogP contribution >= 0.6 is 0 Å². The number of hydrogen-bond donors (Lipinski definition) is 1. The molecule has 1 saturated heterocycles. The Hall–Kier alpha value is -0.120. The summed E-state index contributed by atoms with van der Waals surface area (Å²) < 4.78 is 5.75. The average Bonchev–Trinajstić information content (AvgIpc) is 2.34. The normalized spacial score (nSPS) is 28.2. The molecule has 0 bridgehead atoms. The molecule has 0 radical (unpaired) electrons. The molecule has 1 heterocycles. The van der Waals surface area contributed by atoms with E-state index in [0.29, 0.717) is 18.2 Å². The Morgan fingerprint density at radius 3 is 2.71 bits per heavy atom. The molecule has 1 aliphatic rings. The van der Waals surface area contributed by atoms with Crippen molar-refractivity contribution in [3.8, 4) is 0 Å². The van der Waals surface area contributed by atoms with Gasteiger partial charge in [-0.3, -0.25) is 4.90 Å². The Kier molecular flexibility index (Phi) is 7.09. The molecule has 1 rings (SSSR count). The SMILES string of the molecule is CCCNC(CC)CN1CC(C)OCC1CC. The van der Waals surface area contributed by atoms with Crippen LogP contribution in [-0.4, -0.2) is 49.3 Å². The van der Waals surface area contributed by atoms with Crippen molar-refractivity contribution in [2.45, 2.75) is 65.1 Å². The maximum absolute atomic E-state index is 5.75. The Morgan fingerprint density at radius 2 is 2.12 bits per heavy atom. The highest BCUT2D eigenvalue weighted by molar-refractivity contribution is 4.81. The molecule has 0 spiro atoms. The molecule has 3 unspecified atom stereocenters. The highest BCUT2D eigenvalue weighted by Gasteiger charge is 2.26. The predicted octanol–water partition coefficient (Wildman–Crippen LogP) is 2.26. The van der Waals surface area contributed by atoms with Crippen molar-refractivity contribution in [1.82, 2.24) is 10.2 Å². The van der Waals surface area contributed by atoms with Gasteiger partial charge in [-0.05, 0) is 32.7 Å². The molecular formula is C14H30N2O. The minimum Gasteiger partial charge on any atom is -0.376 e. The molecule has 17 heavy (non-hydrogen) atoms. The third-order valence-corrected chi connectivity index (χ3v) is 3.68. The molecule has 1 fully saturated rings. The van der Waals surface area contributed by atoms with E-state index in [1.807, 2.05) is 0 Å². The van der Waals surface area contributed by atoms with Crippen LogP contribution in [0.3, 0.4) is 0 Å². The summed E-state index contributed by atoms with van der Waals surface area (Å²) in [6.45, 7) is 13.2. The van der Waals surface area contributed by atoms with Gasteiger partial charge in [-0.25, -0.2) is 0 Å². The van der Waals surface area contributed by atoms with Crippen molar-refractivity contribution in [3.05, 3.63) is 0 Å². The summed E-state index contributed by atoms with van der Waals surface area (Å²) in [4.78, 5) is 2.62. The van der Waals surface area contributed by atoms with Crippen LogP contribution in [0.5, 0.6) is 0 Å². The minimum absolute atomic E-state index is 0.390. The molecule has 3 heteroatoms. The van der Waals surface area contributed by atoms with Gasteiger partial charge in [0.1, 0.15) is 0 Å². The summed E-state index contributed by atoms with van der Waals surface area (Å²) in [5, 5.41) is 3.64. The van der Waals surface area contributed by atoms with Crippen LogP contribution in [0.1, 0.15) is 47.0 Å². The van der Waals surface area contributed by atoms with Crippen molar-refractivity contribution in [2.24, 2.45) is 0 Å². The number of nitrogens with one attached hydrogen (secondary N) is 1. The van der Waals surface area contributed by atoms with E-state index in [1.54, 1.807) is 0 Å². The monoisotopic (exact) mass is 242 g/mol. The zero-order chi connectivity index (χ0) is 12.7. The van der Waals surface area contributed by atoms with Gasteiger partial charge in [0.2, 0.25) is 0 Å². The fourth-order valence-electron chi connectivity index (χ4n) is 2.48. The molecular weight excluding hydrogens is 212 g/mol. The first-order chi connectivity index (χ1) is 8.21. The highest BCUT2D eigenvalue weighted by atomic mass is 16.5. The molecule has 0 aliphatic carbocycles. The first kappa shape index (κ1) is 14.9. The van der Waals surface area contributed by atoms with Crippen LogP contribution in [0.4, 0.5) is 0 Å². The van der Waals surface area contributed by atoms with Gasteiger partial charge in [0.15, 0.2) is 0 Å². The zero-order valence-electron chi connectivity index (χ0n) is 12.0. The molecule has 1 N–H and O–H groups in total. The van der Waals surface area contributed by atoms with E-state index in [2.05, 4.69) is 37.9 Å². The molecule has 0 saturated carbocycles. The maximum atomic E-state index is 5.75. The van der Waals surface area contributed by atoms with E-state index in [-0.39, 0.29) is 0 Å². The van der Waals surface area contributed by atoms with Crippen molar-refractivity contribution in [2.75, 3.05) is 26.2 Å². The fourth-order valence-corrected chi connectivity index (χ4v) is 2.48. The number of nitrogens with zero attached hydrogens (tertiary/aromatic N) is 1. The molecule has 102 valence electrons. The fraction of sp³-hybridized carbons (Fsp3) is 1.00. The molecule has 0 amide bonds. The Morgan fingerprint density at radius 1 is 1.35 bits per heavy atom. The van der Waals surface area contributed by atoms with Crippen LogP contribution in [0, 0.1) is 0 Å². The number of morpholine rings is 1. The van der Waals surface area contributed by atoms with Gasteiger partial charge in [0, 0.05) is 25.2 Å². The standard InChI is InChI=1S/C14H30N2O/c1-5-8-15-13(6-2)10-16-9-12(4)17-11-14(16)7-3/h12-15H,5-11H2,1-4H3. The number of rotatable bonds is 7. The van der Waals surface area contributed by atoms with Gasteiger partial charge in [-0.2, -0.15) is 0 Å². The molecule has 0 aromatic rings. The van der Waals surface area contributed by atoms with Crippen LogP contribution in [-0.2, 0) is 4.74 Å². The van der Waals surface area contributed by atoms with E-state index < -0.39 is 0 Å². The first-order valence-corrected chi connectivity index (χ1v) is 7.30. The summed E-state index contributed by atoms with van der Waals surface area (Å²) in [5.41, 5.74) is 0. The van der Waals surface area contributed by atoms with Gasteiger partial charge < -0.3 is 10.1 Å². The van der Waals surface area contributed by atoms with Crippen molar-refractivity contribution in [3.63, 3.8) is 0 Å². The summed E-state index contributed by atoms with van der Waals surface area (Å²) in [6, 6.07) is 1.25. The van der Waals surface area contributed by atoms with Gasteiger partial charge in [-0.1, -0.05) is 20.8 Å². The second kappa shape index (κ2) is 8.06. The van der Waals surface area contributed by atoms with Crippen LogP contribution < -0.4 is 5.32 Å². The van der Waals surface area contributed by atoms with Crippen molar-refractivity contribution < 1.29 is 4.74 Å². The summed E-state index contributed by atoms with van der Waals surface area (Å²) >= 11 is 0. The zero-order valence-corrected chi connectivity index (χ0v) is 12.0. The highest BCUT2D eigenvalue weighted by Crippen LogP contribution is 2.15. The second-order valence-corrected chi connectivity index (χ2v) is 5.22. The smallest absolute Gasteiger partial charge is 0.0674 e. The molecule has 0 aromatic heterocycles. The largest absolute Gasteiger partial charge is 0.376 e. The van der Waals surface area contributed by atoms with Gasteiger partial charge in [0.05, 0.1) is 12.7 Å². The number of ether oxygens (including phenoxy) is 1. The van der Waals surface area contributed by atoms with E-state index in [9.17, 15) is 0 Å². The Labute approximate surface area is 107 Å². The molecule has 0 aromatic carbocycles. The van der Waals surface area contributed by atoms with E-state index in [1.165, 1.54) is 25.8 Å². The average molecular weight is 242 g/mol. The minimum atomic E-state index is 0.390. The van der Waals surface area contributed by atoms with Gasteiger partial charge in [-0.15, -0.1) is 0 Å². The Bertz CT molecular complexity index is 199. The molecule has 3 atom stereocenters. The van der Waals surface area contributed by atoms with E-state index in [0.717, 1.165) is 19.7 Å². The van der Waals surface area contributed by atoms with Gasteiger partial charge in [0.25, 0.3) is 0 Å². The van der Waals surface area contributed by atoms with Crippen LogP contribution in [0.2, 0.25) is 0 Å². The van der Waals surface area contributed by atoms with Gasteiger partial charge >= 0.3 is 0 Å². The third-order valence-electron chi connectivity index (χ3n) is 3.68. The lowest BCUT2D eigenvalue weighted by Gasteiger charge is -2.40. The van der Waals surface area contributed by atoms with E-state index >= 15 is 0 Å². The third kappa shape index (κ3) is 4.94. The second-order valence-electron chi connectivity index (χ2n) is 5.22. The lowest BCUT2D eigenvalue weighted by atomic mass is 10.1. The first-order valence-electron chi connectivity index (χ1n) is 7.30. The summed E-state index contributed by atoms with van der Waals surface area (Å²) in [5.74, 6) is 0. The predicted molar refractivity (Wildman–Crippen MR) is 73.4 cm³/mol. The maximum Gasteiger partial charge on any atom is 0.0674 e. The summed E-state index contributed by atoms with van der Waals surface area (Å²) in [7, 11) is 0. The van der Waals surface area contributed by atoms with Crippen molar-refractivity contribution >= 4 is 0 Å². The van der Waals surface area contributed by atoms with Crippen molar-refractivity contribution in [1.29, 1.82) is 0 Å². The summed E-state index contributed by atoms with van der Waals surface area (Å²) in [6.07, 6.45) is 4.01. The number of hydrogen-bond acceptors (Lipinski definition) is 3. The lowest BCUT2D eigenvalue weighted by molar-refractivity contribution is -0.0585. The van der Waals surface area contributed by atoms with Crippen LogP contribution in [0.15, 0.2) is 0 Å². The lowest BCUT2D eigenvalue weighted by Crippen LogP contribution is -2.53. The van der Waals surface area contributed by atoms with Crippen LogP contribution in [0.25, 0.3) is 0 Å². The van der Waals surface area contributed by atoms with E-state index in [4.69, 9.17) is 4.74 Å².